The Labute approximate surface area is 113 Å². The van der Waals surface area contributed by atoms with Gasteiger partial charge in [0.25, 0.3) is 0 Å². The van der Waals surface area contributed by atoms with Crippen LogP contribution in [0.1, 0.15) is 11.3 Å². The highest BCUT2D eigenvalue weighted by atomic mass is 15.0. The largest absolute Gasteiger partial charge is 0.317 e. The van der Waals surface area contributed by atoms with Gasteiger partial charge in [0, 0.05) is 11.9 Å². The minimum absolute atomic E-state index is 1.04. The van der Waals surface area contributed by atoms with Gasteiger partial charge < -0.3 is 4.57 Å². The summed E-state index contributed by atoms with van der Waals surface area (Å²) in [5.41, 5.74) is 4.46. The van der Waals surface area contributed by atoms with Gasteiger partial charge in [-0.3, -0.25) is 0 Å². The van der Waals surface area contributed by atoms with E-state index in [-0.39, 0.29) is 0 Å². The van der Waals surface area contributed by atoms with E-state index in [1.54, 1.807) is 0 Å². The summed E-state index contributed by atoms with van der Waals surface area (Å²) in [6.07, 6.45) is 2.07. The Morgan fingerprint density at radius 3 is 2.05 bits per heavy atom. The third kappa shape index (κ3) is 2.23. The van der Waals surface area contributed by atoms with Crippen LogP contribution in [-0.4, -0.2) is 4.57 Å². The van der Waals surface area contributed by atoms with Gasteiger partial charge in [-0.15, -0.1) is 0 Å². The van der Waals surface area contributed by atoms with Crippen LogP contribution in [0.3, 0.4) is 0 Å². The Morgan fingerprint density at radius 1 is 0.737 bits per heavy atom. The average molecular weight is 245 g/mol. The Bertz CT molecular complexity index is 678. The second-order valence-corrected chi connectivity index (χ2v) is 4.44. The smallest absolute Gasteiger partial charge is 0.0528 e. The molecule has 0 saturated heterocycles. The van der Waals surface area contributed by atoms with E-state index in [4.69, 9.17) is 0 Å². The molecule has 3 aromatic rings. The Morgan fingerprint density at radius 2 is 1.37 bits per heavy atom. The van der Waals surface area contributed by atoms with E-state index >= 15 is 0 Å². The summed E-state index contributed by atoms with van der Waals surface area (Å²) in [6, 6.07) is 24.7. The van der Waals surface area contributed by atoms with Crippen LogP contribution in [0.4, 0.5) is 0 Å². The predicted octanol–water partition coefficient (Wildman–Crippen LogP) is 4.54. The first-order valence-corrected chi connectivity index (χ1v) is 6.34. The Hall–Kier alpha value is -2.54. The fourth-order valence-electron chi connectivity index (χ4n) is 2.23. The van der Waals surface area contributed by atoms with Crippen molar-refractivity contribution in [2.75, 3.05) is 0 Å². The molecule has 0 radical (unpaired) electrons. The van der Waals surface area contributed by atoms with E-state index < -0.39 is 0 Å². The topological polar surface area (TPSA) is 4.93 Å². The highest BCUT2D eigenvalue weighted by molar-refractivity contribution is 5.77. The quantitative estimate of drug-likeness (QED) is 0.638. The monoisotopic (exact) mass is 245 g/mol. The number of benzene rings is 2. The molecular formula is C18H15N. The molecule has 0 atom stereocenters. The summed E-state index contributed by atoms with van der Waals surface area (Å²) < 4.78 is 2.16. The molecule has 0 saturated carbocycles. The molecule has 0 amide bonds. The first kappa shape index (κ1) is 11.5. The van der Waals surface area contributed by atoms with Crippen molar-refractivity contribution >= 4 is 5.57 Å². The maximum atomic E-state index is 4.23. The van der Waals surface area contributed by atoms with Crippen molar-refractivity contribution in [2.24, 2.45) is 0 Å². The standard InChI is InChI=1S/C18H15N/c1-15(16-9-4-2-5-10-16)18-13-8-14-19(18)17-11-6-3-7-12-17/h2-14H,1H2. The van der Waals surface area contributed by atoms with Gasteiger partial charge >= 0.3 is 0 Å². The van der Waals surface area contributed by atoms with Crippen molar-refractivity contribution in [2.45, 2.75) is 0 Å². The van der Waals surface area contributed by atoms with Crippen molar-refractivity contribution in [3.8, 4) is 5.69 Å². The first-order chi connectivity index (χ1) is 9.36. The normalized spacial score (nSPS) is 10.3. The zero-order chi connectivity index (χ0) is 13.1. The van der Waals surface area contributed by atoms with Gasteiger partial charge in [-0.05, 0) is 35.4 Å². The fourth-order valence-corrected chi connectivity index (χ4v) is 2.23. The molecular weight excluding hydrogens is 230 g/mol. The number of para-hydroxylation sites is 1. The van der Waals surface area contributed by atoms with Gasteiger partial charge in [0.05, 0.1) is 5.69 Å². The van der Waals surface area contributed by atoms with Crippen LogP contribution in [0, 0.1) is 0 Å². The van der Waals surface area contributed by atoms with Crippen LogP contribution < -0.4 is 0 Å². The van der Waals surface area contributed by atoms with E-state index in [0.29, 0.717) is 0 Å². The van der Waals surface area contributed by atoms with Crippen LogP contribution in [0.5, 0.6) is 0 Å². The zero-order valence-electron chi connectivity index (χ0n) is 10.7. The van der Waals surface area contributed by atoms with Crippen molar-refractivity contribution in [3.63, 3.8) is 0 Å². The number of hydrogen-bond donors (Lipinski definition) is 0. The lowest BCUT2D eigenvalue weighted by molar-refractivity contribution is 1.05. The van der Waals surface area contributed by atoms with Crippen LogP contribution in [-0.2, 0) is 0 Å². The maximum absolute atomic E-state index is 4.23. The van der Waals surface area contributed by atoms with Gasteiger partial charge in [0.15, 0.2) is 0 Å². The van der Waals surface area contributed by atoms with Crippen LogP contribution in [0.2, 0.25) is 0 Å². The van der Waals surface area contributed by atoms with Gasteiger partial charge in [-0.1, -0.05) is 55.1 Å². The van der Waals surface area contributed by atoms with Gasteiger partial charge in [-0.2, -0.15) is 0 Å². The molecule has 0 N–H and O–H groups in total. The van der Waals surface area contributed by atoms with E-state index in [9.17, 15) is 0 Å². The van der Waals surface area contributed by atoms with E-state index in [2.05, 4.69) is 53.7 Å². The molecule has 1 heteroatoms. The fraction of sp³-hybridized carbons (Fsp3) is 0. The maximum Gasteiger partial charge on any atom is 0.0528 e. The molecule has 1 heterocycles. The highest BCUT2D eigenvalue weighted by Crippen LogP contribution is 2.24. The zero-order valence-corrected chi connectivity index (χ0v) is 10.7. The molecule has 92 valence electrons. The molecule has 0 fully saturated rings. The van der Waals surface area contributed by atoms with Gasteiger partial charge in [-0.25, -0.2) is 0 Å². The summed E-state index contributed by atoms with van der Waals surface area (Å²) >= 11 is 0. The molecule has 0 bridgehead atoms. The molecule has 0 aliphatic heterocycles. The lowest BCUT2D eigenvalue weighted by atomic mass is 10.0. The molecule has 0 unspecified atom stereocenters. The number of rotatable bonds is 3. The number of hydrogen-bond acceptors (Lipinski definition) is 0. The molecule has 2 aromatic carbocycles. The summed E-state index contributed by atoms with van der Waals surface area (Å²) in [7, 11) is 0. The molecule has 0 aliphatic carbocycles. The summed E-state index contributed by atoms with van der Waals surface area (Å²) in [4.78, 5) is 0. The minimum atomic E-state index is 1.04. The highest BCUT2D eigenvalue weighted by Gasteiger charge is 2.07. The number of aromatic nitrogens is 1. The molecule has 0 aliphatic rings. The second-order valence-electron chi connectivity index (χ2n) is 4.44. The SMILES string of the molecule is C=C(c1ccccc1)c1cccn1-c1ccccc1. The third-order valence-corrected chi connectivity index (χ3v) is 3.21. The summed E-state index contributed by atoms with van der Waals surface area (Å²) in [5, 5.41) is 0. The van der Waals surface area contributed by atoms with Crippen molar-refractivity contribution in [1.29, 1.82) is 0 Å². The van der Waals surface area contributed by atoms with E-state index in [1.165, 1.54) is 0 Å². The molecule has 1 nitrogen and oxygen atoms in total. The minimum Gasteiger partial charge on any atom is -0.317 e. The van der Waals surface area contributed by atoms with Crippen molar-refractivity contribution < 1.29 is 0 Å². The average Bonchev–Trinajstić information content (AvgIpc) is 2.98. The van der Waals surface area contributed by atoms with Gasteiger partial charge in [0.2, 0.25) is 0 Å². The Kier molecular flexibility index (Phi) is 3.03. The van der Waals surface area contributed by atoms with Crippen LogP contribution in [0.15, 0.2) is 85.6 Å². The van der Waals surface area contributed by atoms with Gasteiger partial charge in [0.1, 0.15) is 0 Å². The first-order valence-electron chi connectivity index (χ1n) is 6.34. The van der Waals surface area contributed by atoms with Crippen LogP contribution >= 0.6 is 0 Å². The van der Waals surface area contributed by atoms with E-state index in [0.717, 1.165) is 22.5 Å². The van der Waals surface area contributed by atoms with Crippen LogP contribution in [0.25, 0.3) is 11.3 Å². The molecule has 3 rings (SSSR count). The predicted molar refractivity (Wildman–Crippen MR) is 80.3 cm³/mol. The molecule has 0 spiro atoms. The van der Waals surface area contributed by atoms with Crippen molar-refractivity contribution in [1.82, 2.24) is 4.57 Å². The Balaban J connectivity index is 2.04. The summed E-state index contributed by atoms with van der Waals surface area (Å²) in [6.45, 7) is 4.23. The lowest BCUT2D eigenvalue weighted by Gasteiger charge is -2.11. The van der Waals surface area contributed by atoms with Crippen molar-refractivity contribution in [3.05, 3.63) is 96.8 Å². The molecule has 1 aromatic heterocycles. The van der Waals surface area contributed by atoms with E-state index in [1.807, 2.05) is 36.4 Å². The second kappa shape index (κ2) is 4.99. The summed E-state index contributed by atoms with van der Waals surface area (Å²) in [5.74, 6) is 0. The number of nitrogens with zero attached hydrogens (tertiary/aromatic N) is 1. The lowest BCUT2D eigenvalue weighted by Crippen LogP contribution is -1.98. The third-order valence-electron chi connectivity index (χ3n) is 3.21. The molecule has 19 heavy (non-hydrogen) atoms.